The van der Waals surface area contributed by atoms with Crippen molar-refractivity contribution < 1.29 is 13.9 Å². The number of carbonyl (C=O) groups excluding carboxylic acids is 1. The molecule has 1 amide bonds. The van der Waals surface area contributed by atoms with Gasteiger partial charge in [0.2, 0.25) is 0 Å². The summed E-state index contributed by atoms with van der Waals surface area (Å²) in [6.07, 6.45) is 0. The highest BCUT2D eigenvalue weighted by atomic mass is 16.5. The number of nitrogens with zero attached hydrogens (tertiary/aromatic N) is 2. The van der Waals surface area contributed by atoms with Crippen LogP contribution in [-0.4, -0.2) is 44.1 Å². The number of benzene rings is 2. The highest BCUT2D eigenvalue weighted by molar-refractivity contribution is 5.96. The summed E-state index contributed by atoms with van der Waals surface area (Å²) in [6.45, 7) is 4.85. The quantitative estimate of drug-likeness (QED) is 0.722. The zero-order chi connectivity index (χ0) is 18.1. The number of hydrogen-bond acceptors (Lipinski definition) is 4. The van der Waals surface area contributed by atoms with E-state index in [0.717, 1.165) is 41.1 Å². The summed E-state index contributed by atoms with van der Waals surface area (Å²) in [5, 5.41) is 0.973. The predicted octanol–water partition coefficient (Wildman–Crippen LogP) is 3.71. The second-order valence-electron chi connectivity index (χ2n) is 6.56. The van der Waals surface area contributed by atoms with Gasteiger partial charge in [0.15, 0.2) is 5.76 Å². The molecule has 2 aromatic carbocycles. The molecule has 26 heavy (non-hydrogen) atoms. The van der Waals surface area contributed by atoms with Crippen molar-refractivity contribution in [3.05, 3.63) is 59.9 Å². The Balaban J connectivity index is 1.48. The molecule has 2 heterocycles. The first-order valence-corrected chi connectivity index (χ1v) is 8.84. The molecule has 0 radical (unpaired) electrons. The van der Waals surface area contributed by atoms with E-state index in [1.807, 2.05) is 54.3 Å². The first kappa shape index (κ1) is 16.5. The molecule has 0 atom stereocenters. The van der Waals surface area contributed by atoms with Gasteiger partial charge in [0.25, 0.3) is 5.91 Å². The van der Waals surface area contributed by atoms with Crippen molar-refractivity contribution in [3.8, 4) is 5.75 Å². The van der Waals surface area contributed by atoms with Gasteiger partial charge in [0.05, 0.1) is 12.8 Å². The summed E-state index contributed by atoms with van der Waals surface area (Å²) in [5.41, 5.74) is 2.91. The van der Waals surface area contributed by atoms with Crippen molar-refractivity contribution in [3.63, 3.8) is 0 Å². The lowest BCUT2D eigenvalue weighted by Gasteiger charge is -2.36. The lowest BCUT2D eigenvalue weighted by atomic mass is 10.2. The highest BCUT2D eigenvalue weighted by Crippen LogP contribution is 2.29. The van der Waals surface area contributed by atoms with E-state index in [1.165, 1.54) is 0 Å². The first-order valence-electron chi connectivity index (χ1n) is 8.84. The van der Waals surface area contributed by atoms with Crippen LogP contribution in [0, 0.1) is 6.92 Å². The number of amides is 1. The van der Waals surface area contributed by atoms with E-state index < -0.39 is 0 Å². The molecule has 0 aliphatic carbocycles. The zero-order valence-electron chi connectivity index (χ0n) is 15.1. The molecule has 1 saturated heterocycles. The molecule has 0 saturated carbocycles. The third-order valence-electron chi connectivity index (χ3n) is 4.94. The zero-order valence-corrected chi connectivity index (χ0v) is 15.1. The molecule has 0 unspecified atom stereocenters. The molecule has 0 spiro atoms. The number of piperazine rings is 1. The average Bonchev–Trinajstić information content (AvgIpc) is 3.13. The normalized spacial score (nSPS) is 14.7. The molecule has 3 aromatic rings. The van der Waals surface area contributed by atoms with Gasteiger partial charge in [-0.3, -0.25) is 4.79 Å². The third-order valence-corrected chi connectivity index (χ3v) is 4.94. The summed E-state index contributed by atoms with van der Waals surface area (Å²) < 4.78 is 11.3. The van der Waals surface area contributed by atoms with Crippen LogP contribution in [0.1, 0.15) is 16.1 Å². The molecule has 5 nitrogen and oxygen atoms in total. The van der Waals surface area contributed by atoms with E-state index in [-0.39, 0.29) is 5.91 Å². The molecule has 5 heteroatoms. The van der Waals surface area contributed by atoms with Crippen LogP contribution in [-0.2, 0) is 0 Å². The monoisotopic (exact) mass is 350 g/mol. The number of aryl methyl sites for hydroxylation is 1. The van der Waals surface area contributed by atoms with Gasteiger partial charge in [-0.15, -0.1) is 0 Å². The highest BCUT2D eigenvalue weighted by Gasteiger charge is 2.25. The molecule has 1 aliphatic rings. The summed E-state index contributed by atoms with van der Waals surface area (Å²) in [4.78, 5) is 17.0. The average molecular weight is 350 g/mol. The lowest BCUT2D eigenvalue weighted by Crippen LogP contribution is -2.48. The minimum atomic E-state index is -0.0414. The van der Waals surface area contributed by atoms with Gasteiger partial charge in [0.1, 0.15) is 11.3 Å². The summed E-state index contributed by atoms with van der Waals surface area (Å²) in [5.74, 6) is 1.24. The molecular formula is C21H22N2O3. The molecule has 0 N–H and O–H groups in total. The second kappa shape index (κ2) is 6.75. The number of furan rings is 1. The minimum absolute atomic E-state index is 0.0414. The Morgan fingerprint density at radius 3 is 2.54 bits per heavy atom. The van der Waals surface area contributed by atoms with Crippen LogP contribution >= 0.6 is 0 Å². The number of methoxy groups -OCH3 is 1. The maximum atomic E-state index is 12.8. The van der Waals surface area contributed by atoms with Crippen LogP contribution in [0.15, 0.2) is 52.9 Å². The Hall–Kier alpha value is -2.95. The lowest BCUT2D eigenvalue weighted by molar-refractivity contribution is 0.0717. The number of anilines is 1. The van der Waals surface area contributed by atoms with Gasteiger partial charge >= 0.3 is 0 Å². The van der Waals surface area contributed by atoms with Gasteiger partial charge in [0, 0.05) is 31.6 Å². The van der Waals surface area contributed by atoms with Crippen LogP contribution in [0.5, 0.6) is 5.75 Å². The fourth-order valence-electron chi connectivity index (χ4n) is 3.51. The molecule has 1 aliphatic heterocycles. The molecule has 4 rings (SSSR count). The van der Waals surface area contributed by atoms with Crippen molar-refractivity contribution in [2.24, 2.45) is 0 Å². The number of carbonyl (C=O) groups is 1. The second-order valence-corrected chi connectivity index (χ2v) is 6.56. The molecule has 0 bridgehead atoms. The molecule has 1 aromatic heterocycles. The largest absolute Gasteiger partial charge is 0.495 e. The van der Waals surface area contributed by atoms with Gasteiger partial charge in [-0.1, -0.05) is 30.3 Å². The van der Waals surface area contributed by atoms with E-state index >= 15 is 0 Å². The van der Waals surface area contributed by atoms with Crippen LogP contribution in [0.2, 0.25) is 0 Å². The number of fused-ring (bicyclic) bond motifs is 1. The van der Waals surface area contributed by atoms with Crippen molar-refractivity contribution in [2.45, 2.75) is 6.92 Å². The van der Waals surface area contributed by atoms with E-state index in [1.54, 1.807) is 7.11 Å². The fourth-order valence-corrected chi connectivity index (χ4v) is 3.51. The first-order chi connectivity index (χ1) is 12.7. The van der Waals surface area contributed by atoms with Crippen LogP contribution in [0.25, 0.3) is 11.0 Å². The van der Waals surface area contributed by atoms with Crippen molar-refractivity contribution in [1.29, 1.82) is 0 Å². The summed E-state index contributed by atoms with van der Waals surface area (Å²) in [7, 11) is 1.68. The van der Waals surface area contributed by atoms with E-state index in [2.05, 4.69) is 11.0 Å². The number of para-hydroxylation sites is 3. The van der Waals surface area contributed by atoms with Crippen LogP contribution in [0.4, 0.5) is 5.69 Å². The maximum absolute atomic E-state index is 12.8. The van der Waals surface area contributed by atoms with Crippen LogP contribution < -0.4 is 9.64 Å². The molecular weight excluding hydrogens is 328 g/mol. The van der Waals surface area contributed by atoms with Crippen molar-refractivity contribution in [2.75, 3.05) is 38.2 Å². The third kappa shape index (κ3) is 2.90. The number of hydrogen-bond donors (Lipinski definition) is 0. The maximum Gasteiger partial charge on any atom is 0.289 e. The number of rotatable bonds is 3. The summed E-state index contributed by atoms with van der Waals surface area (Å²) >= 11 is 0. The van der Waals surface area contributed by atoms with Crippen molar-refractivity contribution >= 4 is 22.6 Å². The smallest absolute Gasteiger partial charge is 0.289 e. The van der Waals surface area contributed by atoms with E-state index in [0.29, 0.717) is 18.8 Å². The summed E-state index contributed by atoms with van der Waals surface area (Å²) in [6, 6.07) is 15.8. The van der Waals surface area contributed by atoms with E-state index in [9.17, 15) is 4.79 Å². The van der Waals surface area contributed by atoms with Crippen LogP contribution in [0.3, 0.4) is 0 Å². The number of ether oxygens (including phenoxy) is 1. The molecule has 134 valence electrons. The van der Waals surface area contributed by atoms with E-state index in [4.69, 9.17) is 9.15 Å². The standard InChI is InChI=1S/C21H22N2O3/c1-15-6-5-7-16-14-19(26-20(15)16)21(24)23-12-10-22(11-13-23)17-8-3-4-9-18(17)25-2/h3-9,14H,10-13H2,1-2H3. The SMILES string of the molecule is COc1ccccc1N1CCN(C(=O)c2cc3cccc(C)c3o2)CC1. The Kier molecular flexibility index (Phi) is 4.29. The topological polar surface area (TPSA) is 45.9 Å². The van der Waals surface area contributed by atoms with Gasteiger partial charge in [-0.2, -0.15) is 0 Å². The predicted molar refractivity (Wildman–Crippen MR) is 102 cm³/mol. The van der Waals surface area contributed by atoms with Gasteiger partial charge in [-0.05, 0) is 30.7 Å². The Morgan fingerprint density at radius 2 is 1.81 bits per heavy atom. The van der Waals surface area contributed by atoms with Crippen molar-refractivity contribution in [1.82, 2.24) is 4.90 Å². The Bertz CT molecular complexity index is 939. The van der Waals surface area contributed by atoms with Gasteiger partial charge in [-0.25, -0.2) is 0 Å². The Morgan fingerprint density at radius 1 is 1.04 bits per heavy atom. The molecule has 1 fully saturated rings. The van der Waals surface area contributed by atoms with Gasteiger partial charge < -0.3 is 19.0 Å². The Labute approximate surface area is 152 Å². The minimum Gasteiger partial charge on any atom is -0.495 e. The fraction of sp³-hybridized carbons (Fsp3) is 0.286.